The molecule has 0 unspecified atom stereocenters. The second-order valence-corrected chi connectivity index (χ2v) is 4.38. The Bertz CT molecular complexity index is 331. The lowest BCUT2D eigenvalue weighted by atomic mass is 10.4. The van der Waals surface area contributed by atoms with E-state index in [1.165, 1.54) is 6.26 Å². The highest BCUT2D eigenvalue weighted by Gasteiger charge is 2.20. The smallest absolute Gasteiger partial charge is 0.275 e. The Hall–Kier alpha value is -0.970. The monoisotopic (exact) mass is 212 g/mol. The van der Waals surface area contributed by atoms with Gasteiger partial charge in [0.15, 0.2) is 11.6 Å². The number of carbonyl (C=O) groups excluding carboxylic acids is 1. The quantitative estimate of drug-likeness (QED) is 0.701. The van der Waals surface area contributed by atoms with Gasteiger partial charge in [-0.3, -0.25) is 4.79 Å². The lowest BCUT2D eigenvalue weighted by Crippen LogP contribution is -2.38. The first kappa shape index (κ1) is 9.58. The van der Waals surface area contributed by atoms with E-state index in [0.29, 0.717) is 11.6 Å². The van der Waals surface area contributed by atoms with Gasteiger partial charge in [0.25, 0.3) is 5.91 Å². The van der Waals surface area contributed by atoms with Gasteiger partial charge < -0.3 is 9.32 Å². The molecule has 2 heterocycles. The van der Waals surface area contributed by atoms with E-state index in [4.69, 9.17) is 4.42 Å². The molecule has 0 spiro atoms. The normalized spacial score (nSPS) is 17.1. The van der Waals surface area contributed by atoms with Crippen LogP contribution in [0.15, 0.2) is 10.7 Å². The van der Waals surface area contributed by atoms with E-state index in [-0.39, 0.29) is 5.91 Å². The minimum absolute atomic E-state index is 0.0119. The van der Waals surface area contributed by atoms with E-state index in [9.17, 15) is 4.79 Å². The summed E-state index contributed by atoms with van der Waals surface area (Å²) in [7, 11) is 0. The summed E-state index contributed by atoms with van der Waals surface area (Å²) in [6.45, 7) is 3.37. The Morgan fingerprint density at radius 1 is 1.57 bits per heavy atom. The molecule has 76 valence electrons. The summed E-state index contributed by atoms with van der Waals surface area (Å²) in [4.78, 5) is 17.7. The van der Waals surface area contributed by atoms with Crippen molar-refractivity contribution in [2.45, 2.75) is 6.92 Å². The fraction of sp³-hybridized carbons (Fsp3) is 0.556. The van der Waals surface area contributed by atoms with Crippen LogP contribution in [-0.2, 0) is 0 Å². The molecule has 14 heavy (non-hydrogen) atoms. The molecule has 5 heteroatoms. The molecule has 1 aromatic heterocycles. The molecule has 0 radical (unpaired) electrons. The average molecular weight is 212 g/mol. The Labute approximate surface area is 86.7 Å². The standard InChI is InChI=1S/C9H12N2O2S/c1-7-10-8(6-13-7)9(12)11-2-4-14-5-3-11/h6H,2-5H2,1H3. The number of carbonyl (C=O) groups is 1. The third kappa shape index (κ3) is 1.92. The molecular formula is C9H12N2O2S. The second kappa shape index (κ2) is 4.04. The molecule has 2 rings (SSSR count). The highest BCUT2D eigenvalue weighted by atomic mass is 32.2. The number of hydrogen-bond acceptors (Lipinski definition) is 4. The SMILES string of the molecule is Cc1nc(C(=O)N2CCSCC2)co1. The number of aryl methyl sites for hydroxylation is 1. The van der Waals surface area contributed by atoms with Gasteiger partial charge >= 0.3 is 0 Å². The van der Waals surface area contributed by atoms with Crippen LogP contribution in [0.5, 0.6) is 0 Å². The molecule has 0 aromatic carbocycles. The van der Waals surface area contributed by atoms with E-state index in [1.54, 1.807) is 6.92 Å². The number of amides is 1. The molecule has 1 aliphatic rings. The van der Waals surface area contributed by atoms with Crippen LogP contribution in [0.1, 0.15) is 16.4 Å². The molecule has 1 amide bonds. The van der Waals surface area contributed by atoms with Crippen molar-refractivity contribution in [1.29, 1.82) is 0 Å². The molecule has 0 aliphatic carbocycles. The maximum Gasteiger partial charge on any atom is 0.275 e. The predicted molar refractivity (Wildman–Crippen MR) is 54.5 cm³/mol. The van der Waals surface area contributed by atoms with Gasteiger partial charge in [-0.1, -0.05) is 0 Å². The van der Waals surface area contributed by atoms with Gasteiger partial charge in [-0.05, 0) is 0 Å². The first-order valence-corrected chi connectivity index (χ1v) is 5.72. The zero-order valence-corrected chi connectivity index (χ0v) is 8.84. The molecule has 0 bridgehead atoms. The van der Waals surface area contributed by atoms with Gasteiger partial charge in [-0.15, -0.1) is 0 Å². The minimum Gasteiger partial charge on any atom is -0.448 e. The topological polar surface area (TPSA) is 46.3 Å². The van der Waals surface area contributed by atoms with Crippen molar-refractivity contribution < 1.29 is 9.21 Å². The number of oxazole rings is 1. The van der Waals surface area contributed by atoms with Crippen LogP contribution < -0.4 is 0 Å². The fourth-order valence-corrected chi connectivity index (χ4v) is 2.29. The number of rotatable bonds is 1. The van der Waals surface area contributed by atoms with Crippen LogP contribution in [0.2, 0.25) is 0 Å². The molecule has 1 aromatic rings. The Balaban J connectivity index is 2.07. The van der Waals surface area contributed by atoms with Crippen molar-refractivity contribution in [2.24, 2.45) is 0 Å². The third-order valence-electron chi connectivity index (χ3n) is 2.14. The van der Waals surface area contributed by atoms with Gasteiger partial charge in [0, 0.05) is 31.5 Å². The lowest BCUT2D eigenvalue weighted by Gasteiger charge is -2.25. The van der Waals surface area contributed by atoms with Crippen LogP contribution in [0.25, 0.3) is 0 Å². The van der Waals surface area contributed by atoms with Crippen LogP contribution in [0.4, 0.5) is 0 Å². The minimum atomic E-state index is -0.0119. The number of aromatic nitrogens is 1. The van der Waals surface area contributed by atoms with Crippen molar-refractivity contribution in [2.75, 3.05) is 24.6 Å². The number of nitrogens with zero attached hydrogens (tertiary/aromatic N) is 2. The highest BCUT2D eigenvalue weighted by molar-refractivity contribution is 7.99. The Morgan fingerprint density at radius 2 is 2.29 bits per heavy atom. The van der Waals surface area contributed by atoms with Crippen molar-refractivity contribution in [3.8, 4) is 0 Å². The van der Waals surface area contributed by atoms with Crippen LogP contribution in [-0.4, -0.2) is 40.4 Å². The molecule has 4 nitrogen and oxygen atoms in total. The zero-order chi connectivity index (χ0) is 9.97. The number of thioether (sulfide) groups is 1. The maximum absolute atomic E-state index is 11.8. The van der Waals surface area contributed by atoms with Crippen LogP contribution in [0.3, 0.4) is 0 Å². The molecule has 0 saturated carbocycles. The van der Waals surface area contributed by atoms with Gasteiger partial charge in [-0.2, -0.15) is 11.8 Å². The molecular weight excluding hydrogens is 200 g/mol. The average Bonchev–Trinajstić information content (AvgIpc) is 2.65. The third-order valence-corrected chi connectivity index (χ3v) is 3.08. The molecule has 1 aliphatic heterocycles. The molecule has 0 atom stereocenters. The highest BCUT2D eigenvalue weighted by Crippen LogP contribution is 2.12. The summed E-state index contributed by atoms with van der Waals surface area (Å²) >= 11 is 1.88. The van der Waals surface area contributed by atoms with Gasteiger partial charge in [0.05, 0.1) is 0 Å². The summed E-state index contributed by atoms with van der Waals surface area (Å²) in [6, 6.07) is 0. The summed E-state index contributed by atoms with van der Waals surface area (Å²) in [5, 5.41) is 0. The van der Waals surface area contributed by atoms with Crippen LogP contribution >= 0.6 is 11.8 Å². The van der Waals surface area contributed by atoms with Crippen molar-refractivity contribution in [3.63, 3.8) is 0 Å². The summed E-state index contributed by atoms with van der Waals surface area (Å²) in [5.74, 6) is 2.56. The first-order valence-electron chi connectivity index (χ1n) is 4.56. The Morgan fingerprint density at radius 3 is 2.86 bits per heavy atom. The van der Waals surface area contributed by atoms with E-state index in [1.807, 2.05) is 16.7 Å². The lowest BCUT2D eigenvalue weighted by molar-refractivity contribution is 0.0766. The first-order chi connectivity index (χ1) is 6.77. The van der Waals surface area contributed by atoms with Crippen molar-refractivity contribution in [1.82, 2.24) is 9.88 Å². The molecule has 1 fully saturated rings. The van der Waals surface area contributed by atoms with E-state index < -0.39 is 0 Å². The van der Waals surface area contributed by atoms with Gasteiger partial charge in [0.2, 0.25) is 0 Å². The number of hydrogen-bond donors (Lipinski definition) is 0. The summed E-state index contributed by atoms with van der Waals surface area (Å²) < 4.78 is 5.01. The van der Waals surface area contributed by atoms with E-state index in [0.717, 1.165) is 24.6 Å². The zero-order valence-electron chi connectivity index (χ0n) is 8.02. The molecule has 1 saturated heterocycles. The second-order valence-electron chi connectivity index (χ2n) is 3.16. The van der Waals surface area contributed by atoms with Gasteiger partial charge in [0.1, 0.15) is 6.26 Å². The van der Waals surface area contributed by atoms with Crippen molar-refractivity contribution >= 4 is 17.7 Å². The van der Waals surface area contributed by atoms with E-state index >= 15 is 0 Å². The van der Waals surface area contributed by atoms with Crippen molar-refractivity contribution in [3.05, 3.63) is 17.8 Å². The summed E-state index contributed by atoms with van der Waals surface area (Å²) in [5.41, 5.74) is 0.425. The van der Waals surface area contributed by atoms with Crippen LogP contribution in [0, 0.1) is 6.92 Å². The Kier molecular flexibility index (Phi) is 2.77. The molecule has 0 N–H and O–H groups in total. The largest absolute Gasteiger partial charge is 0.448 e. The fourth-order valence-electron chi connectivity index (χ4n) is 1.39. The maximum atomic E-state index is 11.8. The van der Waals surface area contributed by atoms with E-state index in [2.05, 4.69) is 4.98 Å². The van der Waals surface area contributed by atoms with Gasteiger partial charge in [-0.25, -0.2) is 4.98 Å². The summed E-state index contributed by atoms with van der Waals surface area (Å²) in [6.07, 6.45) is 1.43. The predicted octanol–water partition coefficient (Wildman–Crippen LogP) is 1.17.